The van der Waals surface area contributed by atoms with Gasteiger partial charge in [0.25, 0.3) is 0 Å². The smallest absolute Gasteiger partial charge is 0.410 e. The molecule has 0 rings (SSSR count). The predicted molar refractivity (Wildman–Crippen MR) is 54.2 cm³/mol. The van der Waals surface area contributed by atoms with Gasteiger partial charge in [-0.25, -0.2) is 4.79 Å². The van der Waals surface area contributed by atoms with Crippen molar-refractivity contribution in [3.8, 4) is 0 Å². The van der Waals surface area contributed by atoms with Gasteiger partial charge in [-0.1, -0.05) is 0 Å². The lowest BCUT2D eigenvalue weighted by Gasteiger charge is -2.24. The van der Waals surface area contributed by atoms with Crippen molar-refractivity contribution in [3.05, 3.63) is 0 Å². The maximum atomic E-state index is 11.4. The molecule has 0 aromatic rings. The van der Waals surface area contributed by atoms with E-state index < -0.39 is 11.7 Å². The maximum Gasteiger partial charge on any atom is 0.410 e. The van der Waals surface area contributed by atoms with E-state index >= 15 is 0 Å². The summed E-state index contributed by atoms with van der Waals surface area (Å²) in [6.07, 6.45) is -0.0193. The Balaban J connectivity index is 3.94. The number of nitrogens with zero attached hydrogens (tertiary/aromatic N) is 1. The van der Waals surface area contributed by atoms with E-state index in [4.69, 9.17) is 4.74 Å². The van der Waals surface area contributed by atoms with Crippen LogP contribution in [0.2, 0.25) is 0 Å². The Morgan fingerprint density at radius 1 is 1.29 bits per heavy atom. The number of amides is 1. The highest BCUT2D eigenvalue weighted by molar-refractivity contribution is 5.76. The fourth-order valence-corrected chi connectivity index (χ4v) is 0.756. The van der Waals surface area contributed by atoms with E-state index in [2.05, 4.69) is 0 Å². The first kappa shape index (κ1) is 12.9. The van der Waals surface area contributed by atoms with Gasteiger partial charge in [0.05, 0.1) is 0 Å². The molecule has 0 radical (unpaired) electrons. The van der Waals surface area contributed by atoms with E-state index in [1.165, 1.54) is 11.8 Å². The molecular formula is C10H19NO3. The number of rotatable bonds is 3. The number of ether oxygens (including phenoxy) is 1. The second-order valence-electron chi connectivity index (χ2n) is 4.35. The van der Waals surface area contributed by atoms with Gasteiger partial charge in [0.15, 0.2) is 0 Å². The lowest BCUT2D eigenvalue weighted by atomic mass is 10.2. The average molecular weight is 201 g/mol. The summed E-state index contributed by atoms with van der Waals surface area (Å²) in [7, 11) is 1.62. The molecule has 0 unspecified atom stereocenters. The number of carbonyl (C=O) groups excluding carboxylic acids is 2. The lowest BCUT2D eigenvalue weighted by Crippen LogP contribution is -2.35. The monoisotopic (exact) mass is 201 g/mol. The van der Waals surface area contributed by atoms with Gasteiger partial charge in [-0.3, -0.25) is 4.79 Å². The summed E-state index contributed by atoms with van der Waals surface area (Å²) < 4.78 is 5.11. The molecule has 14 heavy (non-hydrogen) atoms. The van der Waals surface area contributed by atoms with E-state index in [0.29, 0.717) is 13.0 Å². The molecule has 0 saturated heterocycles. The second-order valence-corrected chi connectivity index (χ2v) is 4.35. The lowest BCUT2D eigenvalue weighted by molar-refractivity contribution is -0.117. The van der Waals surface area contributed by atoms with Crippen LogP contribution in [0.25, 0.3) is 0 Å². The molecule has 0 aliphatic carbocycles. The van der Waals surface area contributed by atoms with Crippen LogP contribution in [0, 0.1) is 0 Å². The summed E-state index contributed by atoms with van der Waals surface area (Å²) in [5, 5.41) is 0. The molecule has 0 bridgehead atoms. The van der Waals surface area contributed by atoms with Crippen LogP contribution < -0.4 is 0 Å². The third-order valence-corrected chi connectivity index (χ3v) is 1.50. The Kier molecular flexibility index (Phi) is 4.60. The minimum atomic E-state index is -0.485. The van der Waals surface area contributed by atoms with Gasteiger partial charge in [-0.15, -0.1) is 0 Å². The van der Waals surface area contributed by atoms with Gasteiger partial charge >= 0.3 is 6.09 Å². The molecular weight excluding hydrogens is 182 g/mol. The zero-order chi connectivity index (χ0) is 11.4. The zero-order valence-corrected chi connectivity index (χ0v) is 9.59. The van der Waals surface area contributed by atoms with Gasteiger partial charge in [-0.05, 0) is 27.7 Å². The van der Waals surface area contributed by atoms with Crippen molar-refractivity contribution in [1.29, 1.82) is 0 Å². The van der Waals surface area contributed by atoms with Crippen molar-refractivity contribution in [1.82, 2.24) is 4.90 Å². The number of ketones is 1. The molecule has 0 spiro atoms. The third-order valence-electron chi connectivity index (χ3n) is 1.50. The Morgan fingerprint density at radius 3 is 2.14 bits per heavy atom. The minimum Gasteiger partial charge on any atom is -0.444 e. The summed E-state index contributed by atoms with van der Waals surface area (Å²) in [6, 6.07) is 0. The van der Waals surface area contributed by atoms with Crippen molar-refractivity contribution in [2.45, 2.75) is 39.7 Å². The highest BCUT2D eigenvalue weighted by Crippen LogP contribution is 2.09. The highest BCUT2D eigenvalue weighted by Gasteiger charge is 2.19. The molecule has 0 aromatic heterocycles. The van der Waals surface area contributed by atoms with Crippen molar-refractivity contribution < 1.29 is 14.3 Å². The van der Waals surface area contributed by atoms with E-state index in [9.17, 15) is 9.59 Å². The minimum absolute atomic E-state index is 0.0698. The fourth-order valence-electron chi connectivity index (χ4n) is 0.756. The van der Waals surface area contributed by atoms with Crippen molar-refractivity contribution >= 4 is 11.9 Å². The van der Waals surface area contributed by atoms with E-state index in [1.807, 2.05) is 20.8 Å². The molecule has 0 aromatic carbocycles. The molecule has 0 atom stereocenters. The van der Waals surface area contributed by atoms with Crippen LogP contribution in [0.5, 0.6) is 0 Å². The Morgan fingerprint density at radius 2 is 1.79 bits per heavy atom. The number of hydrogen-bond acceptors (Lipinski definition) is 3. The van der Waals surface area contributed by atoms with Crippen LogP contribution in [0.15, 0.2) is 0 Å². The van der Waals surface area contributed by atoms with E-state index in [0.717, 1.165) is 0 Å². The normalized spacial score (nSPS) is 10.9. The number of carbonyl (C=O) groups is 2. The standard InChI is InChI=1S/C10H19NO3/c1-8(12)6-7-11(5)9(13)14-10(2,3)4/h6-7H2,1-5H3. The first-order valence-corrected chi connectivity index (χ1v) is 4.66. The summed E-state index contributed by atoms with van der Waals surface area (Å²) >= 11 is 0. The average Bonchev–Trinajstić information content (AvgIpc) is 1.96. The summed E-state index contributed by atoms with van der Waals surface area (Å²) in [5.41, 5.74) is -0.485. The fraction of sp³-hybridized carbons (Fsp3) is 0.800. The van der Waals surface area contributed by atoms with Crippen LogP contribution in [0.1, 0.15) is 34.1 Å². The Hall–Kier alpha value is -1.06. The Bertz CT molecular complexity index is 218. The van der Waals surface area contributed by atoms with Gasteiger partial charge in [0.2, 0.25) is 0 Å². The molecule has 4 nitrogen and oxygen atoms in total. The van der Waals surface area contributed by atoms with E-state index in [1.54, 1.807) is 7.05 Å². The van der Waals surface area contributed by atoms with Gasteiger partial charge in [0, 0.05) is 20.0 Å². The molecule has 0 saturated carbocycles. The van der Waals surface area contributed by atoms with Gasteiger partial charge < -0.3 is 9.64 Å². The third kappa shape index (κ3) is 6.46. The quantitative estimate of drug-likeness (QED) is 0.699. The summed E-state index contributed by atoms with van der Waals surface area (Å²) in [6.45, 7) is 7.34. The van der Waals surface area contributed by atoms with Crippen LogP contribution in [-0.2, 0) is 9.53 Å². The molecule has 82 valence electrons. The maximum absolute atomic E-state index is 11.4. The summed E-state index contributed by atoms with van der Waals surface area (Å²) in [4.78, 5) is 23.5. The van der Waals surface area contributed by atoms with Crippen LogP contribution >= 0.6 is 0 Å². The zero-order valence-electron chi connectivity index (χ0n) is 9.59. The Labute approximate surface area is 85.2 Å². The van der Waals surface area contributed by atoms with Crippen LogP contribution in [0.4, 0.5) is 4.79 Å². The second kappa shape index (κ2) is 4.98. The first-order chi connectivity index (χ1) is 6.22. The molecule has 1 amide bonds. The van der Waals surface area contributed by atoms with Crippen molar-refractivity contribution in [2.75, 3.05) is 13.6 Å². The number of hydrogen-bond donors (Lipinski definition) is 0. The molecule has 0 N–H and O–H groups in total. The molecule has 0 aliphatic heterocycles. The van der Waals surface area contributed by atoms with Gasteiger partial charge in [-0.2, -0.15) is 0 Å². The van der Waals surface area contributed by atoms with Crippen LogP contribution in [-0.4, -0.2) is 36.0 Å². The number of Topliss-reactive ketones (excluding diaryl/α,β-unsaturated/α-hetero) is 1. The predicted octanol–water partition coefficient (Wildman–Crippen LogP) is 1.83. The van der Waals surface area contributed by atoms with Crippen molar-refractivity contribution in [2.24, 2.45) is 0 Å². The van der Waals surface area contributed by atoms with E-state index in [-0.39, 0.29) is 5.78 Å². The molecule has 0 aliphatic rings. The molecule has 4 heteroatoms. The SMILES string of the molecule is CC(=O)CCN(C)C(=O)OC(C)(C)C. The first-order valence-electron chi connectivity index (χ1n) is 4.66. The van der Waals surface area contributed by atoms with Crippen molar-refractivity contribution in [3.63, 3.8) is 0 Å². The molecule has 0 fully saturated rings. The topological polar surface area (TPSA) is 46.6 Å². The highest BCUT2D eigenvalue weighted by atomic mass is 16.6. The van der Waals surface area contributed by atoms with Gasteiger partial charge in [0.1, 0.15) is 11.4 Å². The largest absolute Gasteiger partial charge is 0.444 e. The molecule has 0 heterocycles. The van der Waals surface area contributed by atoms with Crippen LogP contribution in [0.3, 0.4) is 0 Å². The summed E-state index contributed by atoms with van der Waals surface area (Å²) in [5.74, 6) is 0.0698.